The predicted octanol–water partition coefficient (Wildman–Crippen LogP) is 0.741. The van der Waals surface area contributed by atoms with Gasteiger partial charge < -0.3 is 9.47 Å². The number of pyridine rings is 1. The lowest BCUT2D eigenvalue weighted by Crippen LogP contribution is -2.50. The highest BCUT2D eigenvalue weighted by Gasteiger charge is 2.33. The van der Waals surface area contributed by atoms with Crippen LogP contribution in [0.5, 0.6) is 0 Å². The number of rotatable bonds is 5. The van der Waals surface area contributed by atoms with Gasteiger partial charge in [-0.15, -0.1) is 0 Å². The second-order valence-electron chi connectivity index (χ2n) is 8.02. The summed E-state index contributed by atoms with van der Waals surface area (Å²) >= 11 is 0. The zero-order chi connectivity index (χ0) is 22.9. The van der Waals surface area contributed by atoms with Crippen LogP contribution < -0.4 is 0 Å². The number of nitrogens with zero attached hydrogens (tertiary/aromatic N) is 5. The van der Waals surface area contributed by atoms with Gasteiger partial charge in [-0.25, -0.2) is 16.8 Å². The first-order valence-corrected chi connectivity index (χ1v) is 13.5. The summed E-state index contributed by atoms with van der Waals surface area (Å²) in [5.74, 6) is -0.314. The third kappa shape index (κ3) is 4.32. The summed E-state index contributed by atoms with van der Waals surface area (Å²) in [7, 11) is -5.66. The van der Waals surface area contributed by atoms with Gasteiger partial charge in [0.25, 0.3) is 5.91 Å². The van der Waals surface area contributed by atoms with Crippen LogP contribution in [0.15, 0.2) is 46.6 Å². The summed E-state index contributed by atoms with van der Waals surface area (Å²) in [6.45, 7) is 1.75. The Balaban J connectivity index is 1.46. The van der Waals surface area contributed by atoms with Gasteiger partial charge in [0.05, 0.1) is 0 Å². The van der Waals surface area contributed by atoms with E-state index in [1.165, 1.54) is 43.9 Å². The lowest BCUT2D eigenvalue weighted by Gasteiger charge is -2.34. The molecule has 4 heterocycles. The topological polar surface area (TPSA) is 113 Å². The molecule has 1 amide bonds. The molecule has 2 saturated heterocycles. The fraction of sp³-hybridized carbons (Fsp3) is 0.500. The van der Waals surface area contributed by atoms with Crippen molar-refractivity contribution in [2.24, 2.45) is 7.05 Å². The zero-order valence-electron chi connectivity index (χ0n) is 17.9. The Kier molecular flexibility index (Phi) is 6.39. The van der Waals surface area contributed by atoms with E-state index in [4.69, 9.17) is 0 Å². The van der Waals surface area contributed by atoms with Crippen molar-refractivity contribution in [3.63, 3.8) is 0 Å². The second kappa shape index (κ2) is 8.93. The molecule has 174 valence electrons. The van der Waals surface area contributed by atoms with Crippen LogP contribution in [0.2, 0.25) is 0 Å². The van der Waals surface area contributed by atoms with Gasteiger partial charge in [0, 0.05) is 64.9 Å². The van der Waals surface area contributed by atoms with Crippen molar-refractivity contribution in [2.75, 3.05) is 39.3 Å². The van der Waals surface area contributed by atoms with Gasteiger partial charge in [0.2, 0.25) is 20.0 Å². The molecule has 2 aliphatic heterocycles. The molecule has 0 atom stereocenters. The molecule has 0 aromatic carbocycles. The number of carbonyl (C=O) groups excluding carboxylic acids is 1. The first-order chi connectivity index (χ1) is 15.2. The van der Waals surface area contributed by atoms with E-state index in [0.29, 0.717) is 13.1 Å². The van der Waals surface area contributed by atoms with Gasteiger partial charge >= 0.3 is 0 Å². The Bertz CT molecular complexity index is 1180. The molecule has 0 saturated carbocycles. The minimum atomic E-state index is -3.67. The maximum atomic E-state index is 13.1. The van der Waals surface area contributed by atoms with Crippen LogP contribution in [-0.4, -0.2) is 85.1 Å². The van der Waals surface area contributed by atoms with Crippen LogP contribution in [0, 0.1) is 0 Å². The molecule has 0 radical (unpaired) electrons. The molecule has 2 aliphatic rings. The molecule has 2 aromatic heterocycles. The number of aromatic nitrogens is 2. The summed E-state index contributed by atoms with van der Waals surface area (Å²) in [5.41, 5.74) is 0.268. The standard InChI is InChI=1S/C20H27N5O5S2/c1-22-16-18(32(29,30)24-8-3-2-4-9-24)14-19(22)20(26)23-10-12-25(13-11-23)31(27,28)17-6-5-7-21-15-17/h5-7,14-16H,2-4,8-13H2,1H3. The van der Waals surface area contributed by atoms with Gasteiger partial charge in [0.1, 0.15) is 15.5 Å². The Morgan fingerprint density at radius 3 is 2.12 bits per heavy atom. The molecule has 0 aliphatic carbocycles. The van der Waals surface area contributed by atoms with Crippen molar-refractivity contribution in [1.29, 1.82) is 0 Å². The van der Waals surface area contributed by atoms with Crippen molar-refractivity contribution in [2.45, 2.75) is 29.1 Å². The van der Waals surface area contributed by atoms with Crippen LogP contribution in [0.25, 0.3) is 0 Å². The highest BCUT2D eigenvalue weighted by Crippen LogP contribution is 2.24. The first kappa shape index (κ1) is 22.9. The fourth-order valence-electron chi connectivity index (χ4n) is 4.08. The average Bonchev–Trinajstić information content (AvgIpc) is 3.22. The van der Waals surface area contributed by atoms with Crippen LogP contribution in [0.1, 0.15) is 29.8 Å². The van der Waals surface area contributed by atoms with E-state index in [9.17, 15) is 21.6 Å². The summed E-state index contributed by atoms with van der Waals surface area (Å²) in [4.78, 5) is 18.7. The Morgan fingerprint density at radius 2 is 1.50 bits per heavy atom. The van der Waals surface area contributed by atoms with E-state index >= 15 is 0 Å². The van der Waals surface area contributed by atoms with Crippen molar-refractivity contribution < 1.29 is 21.6 Å². The summed E-state index contributed by atoms with van der Waals surface area (Å²) in [6.07, 6.45) is 6.98. The number of sulfonamides is 2. The molecule has 0 unspecified atom stereocenters. The van der Waals surface area contributed by atoms with E-state index in [1.54, 1.807) is 18.0 Å². The molecule has 2 fully saturated rings. The maximum absolute atomic E-state index is 13.1. The summed E-state index contributed by atoms with van der Waals surface area (Å²) in [6, 6.07) is 4.48. The van der Waals surface area contributed by atoms with Gasteiger partial charge in [-0.2, -0.15) is 8.61 Å². The number of piperidine rings is 1. The number of piperazine rings is 1. The largest absolute Gasteiger partial charge is 0.345 e. The van der Waals surface area contributed by atoms with Crippen molar-refractivity contribution in [3.8, 4) is 0 Å². The molecular weight excluding hydrogens is 454 g/mol. The Hall–Kier alpha value is -2.28. The maximum Gasteiger partial charge on any atom is 0.270 e. The highest BCUT2D eigenvalue weighted by molar-refractivity contribution is 7.89. The lowest BCUT2D eigenvalue weighted by atomic mass is 10.2. The molecule has 2 aromatic rings. The van der Waals surface area contributed by atoms with Crippen molar-refractivity contribution in [3.05, 3.63) is 42.5 Å². The van der Waals surface area contributed by atoms with E-state index < -0.39 is 20.0 Å². The van der Waals surface area contributed by atoms with Crippen LogP contribution >= 0.6 is 0 Å². The number of aryl methyl sites for hydroxylation is 1. The molecule has 0 spiro atoms. The van der Waals surface area contributed by atoms with Gasteiger partial charge in [-0.05, 0) is 31.0 Å². The molecule has 10 nitrogen and oxygen atoms in total. The normalized spacial score (nSPS) is 19.2. The third-order valence-corrected chi connectivity index (χ3v) is 9.70. The Labute approximate surface area is 188 Å². The van der Waals surface area contributed by atoms with Gasteiger partial charge in [0.15, 0.2) is 0 Å². The molecule has 0 N–H and O–H groups in total. The van der Waals surface area contributed by atoms with E-state index in [1.807, 2.05) is 0 Å². The first-order valence-electron chi connectivity index (χ1n) is 10.6. The number of hydrogen-bond donors (Lipinski definition) is 0. The quantitative estimate of drug-likeness (QED) is 0.623. The highest BCUT2D eigenvalue weighted by atomic mass is 32.2. The van der Waals surface area contributed by atoms with E-state index in [-0.39, 0.29) is 47.6 Å². The van der Waals surface area contributed by atoms with Crippen LogP contribution in [-0.2, 0) is 27.1 Å². The second-order valence-corrected chi connectivity index (χ2v) is 11.9. The third-order valence-electron chi connectivity index (χ3n) is 5.95. The smallest absolute Gasteiger partial charge is 0.270 e. The molecule has 32 heavy (non-hydrogen) atoms. The summed E-state index contributed by atoms with van der Waals surface area (Å²) < 4.78 is 55.8. The Morgan fingerprint density at radius 1 is 0.875 bits per heavy atom. The zero-order valence-corrected chi connectivity index (χ0v) is 19.6. The minimum absolute atomic E-state index is 0.114. The van der Waals surface area contributed by atoms with E-state index in [2.05, 4.69) is 4.98 Å². The van der Waals surface area contributed by atoms with Gasteiger partial charge in [-0.3, -0.25) is 9.78 Å². The average molecular weight is 482 g/mol. The summed E-state index contributed by atoms with van der Waals surface area (Å²) in [5, 5.41) is 0. The van der Waals surface area contributed by atoms with Gasteiger partial charge in [-0.1, -0.05) is 6.42 Å². The molecule has 4 rings (SSSR count). The van der Waals surface area contributed by atoms with Crippen LogP contribution in [0.4, 0.5) is 0 Å². The molecule has 0 bridgehead atoms. The fourth-order valence-corrected chi connectivity index (χ4v) is 7.06. The van der Waals surface area contributed by atoms with Crippen molar-refractivity contribution in [1.82, 2.24) is 23.1 Å². The van der Waals surface area contributed by atoms with Crippen molar-refractivity contribution >= 4 is 26.0 Å². The number of hydrogen-bond acceptors (Lipinski definition) is 6. The predicted molar refractivity (Wildman–Crippen MR) is 117 cm³/mol. The number of carbonyl (C=O) groups is 1. The van der Waals surface area contributed by atoms with Crippen LogP contribution in [0.3, 0.4) is 0 Å². The number of amides is 1. The molecular formula is C20H27N5O5S2. The minimum Gasteiger partial charge on any atom is -0.345 e. The lowest BCUT2D eigenvalue weighted by molar-refractivity contribution is 0.0688. The monoisotopic (exact) mass is 481 g/mol. The van der Waals surface area contributed by atoms with E-state index in [0.717, 1.165) is 19.3 Å². The molecule has 12 heteroatoms. The SMILES string of the molecule is Cn1cc(S(=O)(=O)N2CCCCC2)cc1C(=O)N1CCN(S(=O)(=O)c2cccnc2)CC1.